The second kappa shape index (κ2) is 57.2. The van der Waals surface area contributed by atoms with Gasteiger partial charge < -0.3 is 81.8 Å². The Morgan fingerprint density at radius 3 is 0.869 bits per heavy atom. The number of aromatic carboxylic acids is 1. The van der Waals surface area contributed by atoms with E-state index < -0.39 is 130 Å². The molecule has 0 aliphatic heterocycles. The highest BCUT2D eigenvalue weighted by atomic mass is 32.2. The van der Waals surface area contributed by atoms with Crippen LogP contribution in [-0.4, -0.2) is 171 Å². The van der Waals surface area contributed by atoms with Gasteiger partial charge in [0, 0.05) is 44.5 Å². The number of aliphatic hydroxyl groups excluding tert-OH is 2. The molecule has 6 atom stereocenters. The predicted octanol–water partition coefficient (Wildman–Crippen LogP) is 11.0. The summed E-state index contributed by atoms with van der Waals surface area (Å²) in [4.78, 5) is 107. The standard InChI is InChI=1S/C29H32N2O8S.C28H30N2O6.C18H12O3.C10H20N2O4.C2H5F2N.4CH4/c1-20(30-28(34)39-29(2,3)4)25(27(33)37-5)31-26(32)24-17-15-22(16-18-24)10-8-7-9-21-11-13-23(14-12-21)19-38-40(6,35)36;1-19(29-27(34)36-28(2,3)4)24(26(33)35-5)30-25(32)23-16-14-21(15-17-23)9-7-6-8-20-10-12-22(18-31)13-11-20;19-13-16-7-5-14(6-8-16)3-1-2-4-15-9-11-17(12-10-15)18(20)21;1-6(7(11)8(13)15-5)12-9(14)16-10(2,3)4;3-2(4)1-5;;;;/h11-18,20,25H,19H2,1-6H3,(H,30,34)(H,31,32);10-17,19,24,31H,18H2,1-5H3,(H,29,34)(H,30,32);5-12,19H,13H2,(H,20,21);6-7H,11H2,1-5H3,(H,12,14);2H,1,5H2;4*1H4/t20-,25+;19-,24+;;6-,7+;;;;;/m11.1...../s1. The number of alkyl halides is 2. The second-order valence-corrected chi connectivity index (χ2v) is 29.5. The molecule has 0 spiro atoms. The molecule has 5 amide bonds. The van der Waals surface area contributed by atoms with E-state index in [9.17, 15) is 60.3 Å². The quantitative estimate of drug-likeness (QED) is 0.0147. The van der Waals surface area contributed by atoms with Crippen LogP contribution in [0.15, 0.2) is 146 Å². The van der Waals surface area contributed by atoms with Gasteiger partial charge in [0.25, 0.3) is 28.4 Å². The number of carbonyl (C=O) groups is 9. The summed E-state index contributed by atoms with van der Waals surface area (Å²) in [5, 5.41) is 39.5. The monoisotopic (exact) mass is 1710 g/mol. The Labute approximate surface area is 716 Å². The van der Waals surface area contributed by atoms with E-state index in [4.69, 9.17) is 48.9 Å². The number of rotatable bonds is 20. The molecular weight excluding hydrogens is 1600 g/mol. The van der Waals surface area contributed by atoms with Crippen molar-refractivity contribution in [2.75, 3.05) is 34.1 Å². The number of hydrogen-bond acceptors (Lipinski definition) is 22. The number of alkyl carbamates (subject to hydrolysis) is 3. The summed E-state index contributed by atoms with van der Waals surface area (Å²) in [6.07, 6.45) is -3.41. The Balaban J connectivity index is -0.00000158. The van der Waals surface area contributed by atoms with Crippen LogP contribution in [0, 0.1) is 71.0 Å². The number of carboxylic acids is 1. The number of carboxylic acid groups (broad SMARTS) is 1. The van der Waals surface area contributed by atoms with E-state index in [1.165, 1.54) is 33.5 Å². The molecule has 0 aromatic heterocycles. The van der Waals surface area contributed by atoms with Crippen molar-refractivity contribution in [2.24, 2.45) is 11.5 Å². The summed E-state index contributed by atoms with van der Waals surface area (Å²) in [5.74, 6) is 29.7. The molecule has 0 saturated heterocycles. The summed E-state index contributed by atoms with van der Waals surface area (Å²) in [6, 6.07) is 35.1. The number of amides is 5. The average Bonchev–Trinajstić information content (AvgIpc) is 0.852. The number of carbonyl (C=O) groups excluding carboxylic acids is 8. The third-order valence-electron chi connectivity index (χ3n) is 14.4. The summed E-state index contributed by atoms with van der Waals surface area (Å²) < 4.78 is 77.6. The number of hydrogen-bond donors (Lipinski definition) is 10. The first kappa shape index (κ1) is 113. The number of halogens is 2. The topological polar surface area (TPSA) is 425 Å². The fraction of sp³-hybridized carbons (Fsp3) is 0.374. The zero-order valence-corrected chi connectivity index (χ0v) is 69.1. The van der Waals surface area contributed by atoms with Gasteiger partial charge in [0.1, 0.15) is 34.9 Å². The summed E-state index contributed by atoms with van der Waals surface area (Å²) >= 11 is 0. The molecule has 0 bridgehead atoms. The highest BCUT2D eigenvalue weighted by Crippen LogP contribution is 2.15. The number of nitrogens with two attached hydrogens (primary N) is 2. The van der Waals surface area contributed by atoms with Gasteiger partial charge in [-0.3, -0.25) is 18.6 Å². The molecule has 31 heteroatoms. The van der Waals surface area contributed by atoms with Crippen molar-refractivity contribution in [3.05, 3.63) is 212 Å². The van der Waals surface area contributed by atoms with E-state index in [1.807, 2.05) is 24.3 Å². The molecule has 0 radical (unpaired) electrons. The van der Waals surface area contributed by atoms with Crippen LogP contribution in [0.5, 0.6) is 0 Å². The van der Waals surface area contributed by atoms with E-state index in [0.29, 0.717) is 33.4 Å². The normalized spacial score (nSPS) is 11.5. The van der Waals surface area contributed by atoms with Gasteiger partial charge in [0.05, 0.1) is 77.6 Å². The van der Waals surface area contributed by atoms with Gasteiger partial charge in [-0.05, 0) is 244 Å². The van der Waals surface area contributed by atoms with Crippen LogP contribution < -0.4 is 38.1 Å². The van der Waals surface area contributed by atoms with E-state index in [1.54, 1.807) is 192 Å². The zero-order valence-electron chi connectivity index (χ0n) is 68.2. The van der Waals surface area contributed by atoms with Crippen molar-refractivity contribution in [3.63, 3.8) is 0 Å². The molecule has 0 fully saturated rings. The largest absolute Gasteiger partial charge is 0.478 e. The number of aliphatic hydroxyl groups is 2. The van der Waals surface area contributed by atoms with Crippen molar-refractivity contribution in [1.82, 2.24) is 26.6 Å². The van der Waals surface area contributed by atoms with Crippen LogP contribution >= 0.6 is 0 Å². The molecule has 122 heavy (non-hydrogen) atoms. The number of benzene rings is 6. The molecule has 6 aromatic rings. The molecule has 0 aliphatic carbocycles. The maximum Gasteiger partial charge on any atom is 0.407 e. The first-order valence-electron chi connectivity index (χ1n) is 35.8. The summed E-state index contributed by atoms with van der Waals surface area (Å²) in [6.45, 7) is 19.6. The SMILES string of the molecule is C.C.C.C.COC(=O)[C@@H](N)[C@@H](C)NC(=O)OC(C)(C)C.COC(=O)[C@@H](NC(=O)c1ccc(C#CC#Cc2ccc(CO)cc2)cc1)[C@@H](C)NC(=O)OC(C)(C)C.COC(=O)[C@@H](NC(=O)c1ccc(C#CC#Cc2ccc(COS(C)(=O)=O)cc2)cc1)[C@@H](C)NC(=O)OC(C)(C)C.NCC(F)F.O=C(O)c1ccc(C#CC#Cc2ccc(CO)cc2)cc1. The first-order valence-corrected chi connectivity index (χ1v) is 37.6. The van der Waals surface area contributed by atoms with E-state index in [0.717, 1.165) is 28.5 Å². The van der Waals surface area contributed by atoms with Gasteiger partial charge in [-0.25, -0.2) is 37.5 Å². The van der Waals surface area contributed by atoms with Crippen LogP contribution in [0.4, 0.5) is 23.2 Å². The fourth-order valence-electron chi connectivity index (χ4n) is 8.53. The maximum absolute atomic E-state index is 12.8. The van der Waals surface area contributed by atoms with Crippen molar-refractivity contribution in [2.45, 2.75) is 192 Å². The molecule has 0 aliphatic rings. The van der Waals surface area contributed by atoms with Gasteiger partial charge >= 0.3 is 42.2 Å². The minimum absolute atomic E-state index is 0. The Morgan fingerprint density at radius 2 is 0.648 bits per heavy atom. The van der Waals surface area contributed by atoms with Gasteiger partial charge in [0.15, 0.2) is 0 Å². The van der Waals surface area contributed by atoms with Crippen LogP contribution in [0.25, 0.3) is 0 Å². The number of methoxy groups -OCH3 is 3. The van der Waals surface area contributed by atoms with Crippen LogP contribution in [-0.2, 0) is 76.9 Å². The third kappa shape index (κ3) is 48.7. The van der Waals surface area contributed by atoms with E-state index in [2.05, 4.69) is 108 Å². The minimum atomic E-state index is -3.51. The lowest BCUT2D eigenvalue weighted by molar-refractivity contribution is -0.144. The number of nitrogens with one attached hydrogen (secondary N) is 5. The second-order valence-electron chi connectivity index (χ2n) is 27.8. The molecule has 6 rings (SSSR count). The minimum Gasteiger partial charge on any atom is -0.478 e. The predicted molar refractivity (Wildman–Crippen MR) is 463 cm³/mol. The van der Waals surface area contributed by atoms with Gasteiger partial charge in [-0.2, -0.15) is 8.42 Å². The van der Waals surface area contributed by atoms with E-state index >= 15 is 0 Å². The zero-order chi connectivity index (χ0) is 88.9. The molecule has 6 aromatic carbocycles. The van der Waals surface area contributed by atoms with Crippen LogP contribution in [0.2, 0.25) is 0 Å². The lowest BCUT2D eigenvalue weighted by atomic mass is 10.1. The van der Waals surface area contributed by atoms with Gasteiger partial charge in [-0.1, -0.05) is 102 Å². The highest BCUT2D eigenvalue weighted by Gasteiger charge is 2.33. The Morgan fingerprint density at radius 1 is 0.410 bits per heavy atom. The van der Waals surface area contributed by atoms with Gasteiger partial charge in [-0.15, -0.1) is 0 Å². The summed E-state index contributed by atoms with van der Waals surface area (Å²) in [5.41, 5.74) is 15.4. The van der Waals surface area contributed by atoms with Crippen molar-refractivity contribution < 1.29 is 108 Å². The van der Waals surface area contributed by atoms with Crippen molar-refractivity contribution >= 4 is 64.1 Å². The third-order valence-corrected chi connectivity index (χ3v) is 15.0. The lowest BCUT2D eigenvalue weighted by Gasteiger charge is -2.26. The smallest absolute Gasteiger partial charge is 0.407 e. The van der Waals surface area contributed by atoms with Crippen molar-refractivity contribution in [1.29, 1.82) is 0 Å². The average molecular weight is 1710 g/mol. The Hall–Kier alpha value is -13.1. The molecule has 0 unspecified atom stereocenters. The molecule has 12 N–H and O–H groups in total. The lowest BCUT2D eigenvalue weighted by Crippen LogP contribution is -2.55. The number of esters is 3. The van der Waals surface area contributed by atoms with Crippen LogP contribution in [0.1, 0.15) is 194 Å². The molecule has 0 heterocycles. The molecule has 660 valence electrons. The molecule has 28 nitrogen and oxygen atoms in total. The number of ether oxygens (including phenoxy) is 6. The van der Waals surface area contributed by atoms with E-state index in [-0.39, 0.29) is 60.7 Å². The van der Waals surface area contributed by atoms with Crippen LogP contribution in [0.3, 0.4) is 0 Å². The Kier molecular flexibility index (Phi) is 53.0. The fourth-order valence-corrected chi connectivity index (χ4v) is 8.88. The van der Waals surface area contributed by atoms with Crippen molar-refractivity contribution in [3.8, 4) is 71.0 Å². The Bertz CT molecular complexity index is 4860. The molecular formula is C91H115F2N7O21S. The highest BCUT2D eigenvalue weighted by molar-refractivity contribution is 7.85. The molecule has 0 saturated carbocycles. The van der Waals surface area contributed by atoms with Gasteiger partial charge in [0.2, 0.25) is 0 Å². The summed E-state index contributed by atoms with van der Waals surface area (Å²) in [7, 11) is 0.108. The maximum atomic E-state index is 12.8. The first-order chi connectivity index (χ1) is 55.3.